The summed E-state index contributed by atoms with van der Waals surface area (Å²) in [6, 6.07) is 17.7. The summed E-state index contributed by atoms with van der Waals surface area (Å²) in [5.41, 5.74) is 5.72. The minimum atomic E-state index is 1.00. The Kier molecular flexibility index (Phi) is 3.54. The van der Waals surface area contributed by atoms with Crippen molar-refractivity contribution >= 4 is 11.4 Å². The van der Waals surface area contributed by atoms with Gasteiger partial charge in [-0.15, -0.1) is 0 Å². The van der Waals surface area contributed by atoms with Crippen LogP contribution in [0.1, 0.15) is 30.9 Å². The lowest BCUT2D eigenvalue weighted by atomic mass is 9.91. The average molecular weight is 251 g/mol. The quantitative estimate of drug-likeness (QED) is 0.762. The van der Waals surface area contributed by atoms with Crippen LogP contribution in [0.25, 0.3) is 0 Å². The van der Waals surface area contributed by atoms with Crippen LogP contribution >= 0.6 is 0 Å². The topological polar surface area (TPSA) is 3.24 Å². The third-order valence-corrected chi connectivity index (χ3v) is 4.03. The van der Waals surface area contributed by atoms with Crippen LogP contribution in [0.4, 0.5) is 11.4 Å². The maximum Gasteiger partial charge on any atom is 0.0413 e. The van der Waals surface area contributed by atoms with E-state index in [-0.39, 0.29) is 0 Å². The molecule has 0 saturated carbocycles. The first-order chi connectivity index (χ1) is 9.38. The van der Waals surface area contributed by atoms with Crippen LogP contribution in [0, 0.1) is 0 Å². The number of rotatable bonds is 3. The van der Waals surface area contributed by atoms with Crippen molar-refractivity contribution in [2.75, 3.05) is 11.4 Å². The van der Waals surface area contributed by atoms with Crippen LogP contribution in [0.5, 0.6) is 0 Å². The molecule has 0 unspecified atom stereocenters. The van der Waals surface area contributed by atoms with Crippen LogP contribution in [0.3, 0.4) is 0 Å². The number of hydrogen-bond donors (Lipinski definition) is 0. The van der Waals surface area contributed by atoms with Crippen molar-refractivity contribution in [2.24, 2.45) is 0 Å². The van der Waals surface area contributed by atoms with Crippen LogP contribution in [-0.4, -0.2) is 6.54 Å². The van der Waals surface area contributed by atoms with Gasteiger partial charge in [0.15, 0.2) is 0 Å². The van der Waals surface area contributed by atoms with E-state index in [0.29, 0.717) is 0 Å². The Morgan fingerprint density at radius 1 is 0.842 bits per heavy atom. The molecule has 0 amide bonds. The molecule has 98 valence electrons. The summed E-state index contributed by atoms with van der Waals surface area (Å²) in [6.07, 6.45) is 5.19. The number of anilines is 2. The normalized spacial score (nSPS) is 13.9. The largest absolute Gasteiger partial charge is 0.342 e. The lowest BCUT2D eigenvalue weighted by molar-refractivity contribution is 0.685. The molecule has 1 heteroatoms. The molecular weight excluding hydrogens is 230 g/mol. The Labute approximate surface area is 115 Å². The van der Waals surface area contributed by atoms with E-state index < -0.39 is 0 Å². The summed E-state index contributed by atoms with van der Waals surface area (Å²) in [6.45, 7) is 3.22. The van der Waals surface area contributed by atoms with Gasteiger partial charge in [0.05, 0.1) is 0 Å². The fourth-order valence-corrected chi connectivity index (χ4v) is 3.01. The molecule has 0 radical (unpaired) electrons. The lowest BCUT2D eigenvalue weighted by Gasteiger charge is -2.25. The zero-order chi connectivity index (χ0) is 13.1. The molecule has 0 spiro atoms. The molecule has 0 aliphatic heterocycles. The van der Waals surface area contributed by atoms with Crippen molar-refractivity contribution in [1.29, 1.82) is 0 Å². The summed E-state index contributed by atoms with van der Waals surface area (Å²) in [5.74, 6) is 0. The standard InChI is InChI=1S/C18H21N/c1-2-19(17-10-4-3-5-11-17)18-13-12-15-8-6-7-9-16(15)14-18/h3-5,10-14H,2,6-9H2,1H3. The van der Waals surface area contributed by atoms with E-state index in [4.69, 9.17) is 0 Å². The third kappa shape index (κ3) is 2.51. The van der Waals surface area contributed by atoms with Gasteiger partial charge in [-0.25, -0.2) is 0 Å². The van der Waals surface area contributed by atoms with E-state index in [9.17, 15) is 0 Å². The molecule has 1 nitrogen and oxygen atoms in total. The van der Waals surface area contributed by atoms with Gasteiger partial charge < -0.3 is 4.90 Å². The number of nitrogens with zero attached hydrogens (tertiary/aromatic N) is 1. The highest BCUT2D eigenvalue weighted by Crippen LogP contribution is 2.30. The highest BCUT2D eigenvalue weighted by atomic mass is 15.1. The molecule has 0 atom stereocenters. The Balaban J connectivity index is 1.96. The highest BCUT2D eigenvalue weighted by Gasteiger charge is 2.12. The average Bonchev–Trinajstić information content (AvgIpc) is 2.49. The van der Waals surface area contributed by atoms with Gasteiger partial charge in [-0.05, 0) is 68.0 Å². The van der Waals surface area contributed by atoms with Crippen molar-refractivity contribution in [3.8, 4) is 0 Å². The Morgan fingerprint density at radius 2 is 1.58 bits per heavy atom. The second-order valence-electron chi connectivity index (χ2n) is 5.24. The van der Waals surface area contributed by atoms with Crippen molar-refractivity contribution in [3.63, 3.8) is 0 Å². The molecule has 19 heavy (non-hydrogen) atoms. The Morgan fingerprint density at radius 3 is 2.32 bits per heavy atom. The summed E-state index contributed by atoms with van der Waals surface area (Å²) in [5, 5.41) is 0. The molecule has 0 N–H and O–H groups in total. The molecule has 2 aromatic carbocycles. The summed E-state index contributed by atoms with van der Waals surface area (Å²) in [4.78, 5) is 2.38. The second kappa shape index (κ2) is 5.48. The van der Waals surface area contributed by atoms with Gasteiger partial charge in [-0.3, -0.25) is 0 Å². The molecule has 3 rings (SSSR count). The fraction of sp³-hybridized carbons (Fsp3) is 0.333. The third-order valence-electron chi connectivity index (χ3n) is 4.03. The first-order valence-electron chi connectivity index (χ1n) is 7.33. The predicted molar refractivity (Wildman–Crippen MR) is 82.2 cm³/mol. The number of benzene rings is 2. The molecule has 0 fully saturated rings. The maximum absolute atomic E-state index is 2.39. The first kappa shape index (κ1) is 12.3. The molecule has 1 aliphatic carbocycles. The first-order valence-corrected chi connectivity index (χ1v) is 7.33. The van der Waals surface area contributed by atoms with Gasteiger partial charge in [-0.1, -0.05) is 24.3 Å². The number of fused-ring (bicyclic) bond motifs is 1. The molecule has 0 saturated heterocycles. The Hall–Kier alpha value is -1.76. The molecule has 0 heterocycles. The molecule has 0 aromatic heterocycles. The molecule has 2 aromatic rings. The molecule has 0 bridgehead atoms. The van der Waals surface area contributed by atoms with E-state index in [0.717, 1.165) is 6.54 Å². The second-order valence-corrected chi connectivity index (χ2v) is 5.24. The minimum absolute atomic E-state index is 1.00. The van der Waals surface area contributed by atoms with E-state index >= 15 is 0 Å². The predicted octanol–water partition coefficient (Wildman–Crippen LogP) is 4.72. The molecule has 1 aliphatic rings. The van der Waals surface area contributed by atoms with Gasteiger partial charge in [0.2, 0.25) is 0 Å². The Bertz CT molecular complexity index is 545. The van der Waals surface area contributed by atoms with E-state index in [1.54, 1.807) is 11.1 Å². The van der Waals surface area contributed by atoms with Crippen LogP contribution in [-0.2, 0) is 12.8 Å². The van der Waals surface area contributed by atoms with E-state index in [1.807, 2.05) is 0 Å². The fourth-order valence-electron chi connectivity index (χ4n) is 3.01. The van der Waals surface area contributed by atoms with Crippen LogP contribution in [0.15, 0.2) is 48.5 Å². The maximum atomic E-state index is 2.39. The van der Waals surface area contributed by atoms with Crippen molar-refractivity contribution < 1.29 is 0 Å². The summed E-state index contributed by atoms with van der Waals surface area (Å²) < 4.78 is 0. The van der Waals surface area contributed by atoms with E-state index in [2.05, 4.69) is 60.4 Å². The zero-order valence-electron chi connectivity index (χ0n) is 11.6. The minimum Gasteiger partial charge on any atom is -0.342 e. The van der Waals surface area contributed by atoms with Gasteiger partial charge in [0, 0.05) is 17.9 Å². The molecular formula is C18H21N. The van der Waals surface area contributed by atoms with Crippen LogP contribution in [0.2, 0.25) is 0 Å². The number of para-hydroxylation sites is 1. The highest BCUT2D eigenvalue weighted by molar-refractivity contribution is 5.64. The summed E-state index contributed by atoms with van der Waals surface area (Å²) in [7, 11) is 0. The summed E-state index contributed by atoms with van der Waals surface area (Å²) >= 11 is 0. The van der Waals surface area contributed by atoms with Crippen molar-refractivity contribution in [3.05, 3.63) is 59.7 Å². The van der Waals surface area contributed by atoms with E-state index in [1.165, 1.54) is 37.1 Å². The number of aryl methyl sites for hydroxylation is 2. The van der Waals surface area contributed by atoms with Gasteiger partial charge >= 0.3 is 0 Å². The van der Waals surface area contributed by atoms with Crippen molar-refractivity contribution in [1.82, 2.24) is 0 Å². The smallest absolute Gasteiger partial charge is 0.0413 e. The monoisotopic (exact) mass is 251 g/mol. The van der Waals surface area contributed by atoms with Gasteiger partial charge in [-0.2, -0.15) is 0 Å². The van der Waals surface area contributed by atoms with Crippen molar-refractivity contribution in [2.45, 2.75) is 32.6 Å². The SMILES string of the molecule is CCN(c1ccccc1)c1ccc2c(c1)CCCC2. The lowest BCUT2D eigenvalue weighted by Crippen LogP contribution is -2.16. The zero-order valence-corrected chi connectivity index (χ0v) is 11.6. The van der Waals surface area contributed by atoms with Gasteiger partial charge in [0.1, 0.15) is 0 Å². The van der Waals surface area contributed by atoms with Crippen LogP contribution < -0.4 is 4.90 Å². The number of hydrogen-bond acceptors (Lipinski definition) is 1. The van der Waals surface area contributed by atoms with Gasteiger partial charge in [0.25, 0.3) is 0 Å².